The normalized spacial score (nSPS) is 40.7. The maximum absolute atomic E-state index is 10.1. The van der Waals surface area contributed by atoms with Crippen molar-refractivity contribution < 1.29 is 19.7 Å². The number of rotatable bonds is 3. The molecule has 2 N–H and O–H groups in total. The van der Waals surface area contributed by atoms with E-state index >= 15 is 0 Å². The second kappa shape index (κ2) is 6.63. The van der Waals surface area contributed by atoms with Crippen LogP contribution >= 0.6 is 0 Å². The maximum atomic E-state index is 10.1. The van der Waals surface area contributed by atoms with Crippen LogP contribution in [0.25, 0.3) is 0 Å². The van der Waals surface area contributed by atoms with Gasteiger partial charge in [-0.1, -0.05) is 32.3 Å². The van der Waals surface area contributed by atoms with Gasteiger partial charge < -0.3 is 19.7 Å². The van der Waals surface area contributed by atoms with Crippen LogP contribution in [0.3, 0.4) is 0 Å². The van der Waals surface area contributed by atoms with Gasteiger partial charge in [0.2, 0.25) is 0 Å². The summed E-state index contributed by atoms with van der Waals surface area (Å²) in [7, 11) is 0. The Bertz CT molecular complexity index is 536. The van der Waals surface area contributed by atoms with Crippen molar-refractivity contribution in [2.45, 2.75) is 90.6 Å². The van der Waals surface area contributed by atoms with Crippen molar-refractivity contribution >= 4 is 0 Å². The average molecular weight is 353 g/mol. The Balaban J connectivity index is 2.05. The predicted octanol–water partition coefficient (Wildman–Crippen LogP) is 3.80. The van der Waals surface area contributed by atoms with Crippen molar-refractivity contribution in [3.05, 3.63) is 11.1 Å². The standard InChI is InChI=1S/C21H36O4/c1-14-10-11-21(19(2,3)17(14)13-23)18(24-20(4,5)25-21)16-9-7-6-8-15(16)12-22/h15-16,18,22-23H,6-13H2,1-5H3/t15-,16+,18-,21+/m0/s1. The molecule has 3 aliphatic rings. The minimum Gasteiger partial charge on any atom is -0.396 e. The molecule has 0 bridgehead atoms. The van der Waals surface area contributed by atoms with E-state index in [9.17, 15) is 10.2 Å². The summed E-state index contributed by atoms with van der Waals surface area (Å²) >= 11 is 0. The van der Waals surface area contributed by atoms with Gasteiger partial charge in [-0.3, -0.25) is 0 Å². The fraction of sp³-hybridized carbons (Fsp3) is 0.905. The summed E-state index contributed by atoms with van der Waals surface area (Å²) in [5.41, 5.74) is 1.65. The van der Waals surface area contributed by atoms with Crippen molar-refractivity contribution in [3.63, 3.8) is 0 Å². The lowest BCUT2D eigenvalue weighted by molar-refractivity contribution is -0.186. The van der Waals surface area contributed by atoms with Gasteiger partial charge in [0.1, 0.15) is 5.60 Å². The highest BCUT2D eigenvalue weighted by Crippen LogP contribution is 2.59. The number of hydrogen-bond donors (Lipinski definition) is 2. The van der Waals surface area contributed by atoms with E-state index in [1.54, 1.807) is 0 Å². The van der Waals surface area contributed by atoms with Gasteiger partial charge in [-0.2, -0.15) is 0 Å². The summed E-state index contributed by atoms with van der Waals surface area (Å²) in [6, 6.07) is 0. The fourth-order valence-corrected chi connectivity index (χ4v) is 5.85. The zero-order valence-electron chi connectivity index (χ0n) is 16.6. The van der Waals surface area contributed by atoms with Crippen LogP contribution in [0.5, 0.6) is 0 Å². The maximum Gasteiger partial charge on any atom is 0.164 e. The third kappa shape index (κ3) is 2.99. The second-order valence-corrected chi connectivity index (χ2v) is 9.36. The largest absolute Gasteiger partial charge is 0.396 e. The lowest BCUT2D eigenvalue weighted by Crippen LogP contribution is -2.59. The SMILES string of the molecule is CC1=C(CO)C(C)(C)[C@]2(CC1)OC(C)(C)O[C@H]2[C@@H]1CCCC[C@H]1CO. The van der Waals surface area contributed by atoms with Crippen LogP contribution in [0.15, 0.2) is 11.1 Å². The first-order chi connectivity index (χ1) is 11.7. The zero-order chi connectivity index (χ0) is 18.5. The van der Waals surface area contributed by atoms with Crippen LogP contribution in [-0.2, 0) is 9.47 Å². The van der Waals surface area contributed by atoms with Gasteiger partial charge >= 0.3 is 0 Å². The molecule has 4 nitrogen and oxygen atoms in total. The molecule has 1 saturated heterocycles. The van der Waals surface area contributed by atoms with Gasteiger partial charge in [-0.05, 0) is 63.9 Å². The van der Waals surface area contributed by atoms with Crippen molar-refractivity contribution in [2.24, 2.45) is 17.3 Å². The number of ether oxygens (including phenoxy) is 2. The molecule has 1 heterocycles. The molecule has 0 aromatic rings. The highest BCUT2D eigenvalue weighted by Gasteiger charge is 2.65. The Labute approximate surface area is 152 Å². The van der Waals surface area contributed by atoms with Crippen molar-refractivity contribution in [2.75, 3.05) is 13.2 Å². The number of allylic oxidation sites excluding steroid dienone is 1. The molecule has 0 aromatic heterocycles. The van der Waals surface area contributed by atoms with Crippen LogP contribution < -0.4 is 0 Å². The molecule has 1 saturated carbocycles. The monoisotopic (exact) mass is 352 g/mol. The molecule has 0 aromatic carbocycles. The van der Waals surface area contributed by atoms with E-state index in [1.807, 2.05) is 13.8 Å². The van der Waals surface area contributed by atoms with Crippen LogP contribution in [0.2, 0.25) is 0 Å². The molecule has 0 unspecified atom stereocenters. The van der Waals surface area contributed by atoms with Crippen molar-refractivity contribution in [3.8, 4) is 0 Å². The first-order valence-electron chi connectivity index (χ1n) is 9.97. The van der Waals surface area contributed by atoms with E-state index in [0.717, 1.165) is 31.3 Å². The molecule has 1 aliphatic heterocycles. The predicted molar refractivity (Wildman–Crippen MR) is 98.1 cm³/mol. The van der Waals surface area contributed by atoms with E-state index < -0.39 is 11.4 Å². The average Bonchev–Trinajstić information content (AvgIpc) is 2.84. The first kappa shape index (κ1) is 19.3. The third-order valence-corrected chi connectivity index (χ3v) is 7.25. The molecule has 2 aliphatic carbocycles. The van der Waals surface area contributed by atoms with E-state index in [1.165, 1.54) is 18.4 Å². The Morgan fingerprint density at radius 2 is 1.76 bits per heavy atom. The van der Waals surface area contributed by atoms with E-state index in [0.29, 0.717) is 5.92 Å². The molecule has 4 heteroatoms. The second-order valence-electron chi connectivity index (χ2n) is 9.36. The molecular weight excluding hydrogens is 316 g/mol. The minimum absolute atomic E-state index is 0.0374. The Morgan fingerprint density at radius 3 is 2.40 bits per heavy atom. The molecule has 144 valence electrons. The summed E-state index contributed by atoms with van der Waals surface area (Å²) in [6.07, 6.45) is 6.35. The van der Waals surface area contributed by atoms with Gasteiger partial charge in [0, 0.05) is 12.0 Å². The summed E-state index contributed by atoms with van der Waals surface area (Å²) < 4.78 is 13.2. The van der Waals surface area contributed by atoms with Gasteiger partial charge in [0.05, 0.1) is 12.7 Å². The highest BCUT2D eigenvalue weighted by atomic mass is 16.8. The summed E-state index contributed by atoms with van der Waals surface area (Å²) in [5.74, 6) is -0.0303. The zero-order valence-corrected chi connectivity index (χ0v) is 16.6. The van der Waals surface area contributed by atoms with Gasteiger partial charge in [-0.25, -0.2) is 0 Å². The van der Waals surface area contributed by atoms with Gasteiger partial charge in [-0.15, -0.1) is 0 Å². The molecule has 3 rings (SSSR count). The molecule has 25 heavy (non-hydrogen) atoms. The molecule has 0 amide bonds. The number of aliphatic hydroxyl groups excluding tert-OH is 2. The van der Waals surface area contributed by atoms with Crippen LogP contribution in [0.4, 0.5) is 0 Å². The van der Waals surface area contributed by atoms with E-state index in [2.05, 4.69) is 20.8 Å². The molecule has 0 radical (unpaired) electrons. The first-order valence-corrected chi connectivity index (χ1v) is 9.97. The Kier molecular flexibility index (Phi) is 5.13. The van der Waals surface area contributed by atoms with Gasteiger partial charge in [0.15, 0.2) is 5.79 Å². The highest BCUT2D eigenvalue weighted by molar-refractivity contribution is 5.31. The topological polar surface area (TPSA) is 58.9 Å². The number of aliphatic hydroxyl groups is 2. The van der Waals surface area contributed by atoms with E-state index in [-0.39, 0.29) is 30.7 Å². The van der Waals surface area contributed by atoms with Crippen LogP contribution in [0.1, 0.15) is 73.1 Å². The van der Waals surface area contributed by atoms with Crippen molar-refractivity contribution in [1.82, 2.24) is 0 Å². The molecule has 2 fully saturated rings. The smallest absolute Gasteiger partial charge is 0.164 e. The number of hydrogen-bond acceptors (Lipinski definition) is 4. The molecule has 4 atom stereocenters. The van der Waals surface area contributed by atoms with E-state index in [4.69, 9.17) is 9.47 Å². The summed E-state index contributed by atoms with van der Waals surface area (Å²) in [4.78, 5) is 0. The van der Waals surface area contributed by atoms with Gasteiger partial charge in [0.25, 0.3) is 0 Å². The van der Waals surface area contributed by atoms with Crippen LogP contribution in [-0.4, -0.2) is 40.9 Å². The van der Waals surface area contributed by atoms with Crippen LogP contribution in [0, 0.1) is 17.3 Å². The Morgan fingerprint density at radius 1 is 1.08 bits per heavy atom. The molecular formula is C21H36O4. The minimum atomic E-state index is -0.634. The third-order valence-electron chi connectivity index (χ3n) is 7.25. The quantitative estimate of drug-likeness (QED) is 0.759. The summed E-state index contributed by atoms with van der Waals surface area (Å²) in [6.45, 7) is 10.9. The van der Waals surface area contributed by atoms with Crippen molar-refractivity contribution in [1.29, 1.82) is 0 Å². The molecule has 1 spiro atoms. The lowest BCUT2D eigenvalue weighted by atomic mass is 9.57. The fourth-order valence-electron chi connectivity index (χ4n) is 5.85. The Hall–Kier alpha value is -0.420. The lowest BCUT2D eigenvalue weighted by Gasteiger charge is -2.53. The summed E-state index contributed by atoms with van der Waals surface area (Å²) in [5, 5.41) is 20.0.